The lowest BCUT2D eigenvalue weighted by Gasteiger charge is -2.19. The van der Waals surface area contributed by atoms with E-state index in [1.54, 1.807) is 11.3 Å². The van der Waals surface area contributed by atoms with Gasteiger partial charge >= 0.3 is 0 Å². The van der Waals surface area contributed by atoms with Gasteiger partial charge in [-0.2, -0.15) is 0 Å². The van der Waals surface area contributed by atoms with Gasteiger partial charge in [0.05, 0.1) is 6.04 Å². The molecule has 0 radical (unpaired) electrons. The topological polar surface area (TPSA) is 55.1 Å². The first kappa shape index (κ1) is 14.5. The molecule has 0 saturated heterocycles. The van der Waals surface area contributed by atoms with Crippen LogP contribution >= 0.6 is 23.7 Å². The second-order valence-electron chi connectivity index (χ2n) is 4.48. The van der Waals surface area contributed by atoms with E-state index in [1.807, 2.05) is 13.0 Å². The van der Waals surface area contributed by atoms with Crippen molar-refractivity contribution in [3.8, 4) is 0 Å². The van der Waals surface area contributed by atoms with Crippen molar-refractivity contribution in [2.24, 2.45) is 17.6 Å². The fraction of sp³-hybridized carbons (Fsp3) is 0.583. The highest BCUT2D eigenvalue weighted by atomic mass is 35.5. The van der Waals surface area contributed by atoms with E-state index < -0.39 is 0 Å². The molecule has 0 bridgehead atoms. The van der Waals surface area contributed by atoms with Gasteiger partial charge in [-0.3, -0.25) is 4.79 Å². The summed E-state index contributed by atoms with van der Waals surface area (Å²) < 4.78 is 0. The van der Waals surface area contributed by atoms with Crippen LogP contribution in [0.3, 0.4) is 0 Å². The molecule has 1 saturated carbocycles. The van der Waals surface area contributed by atoms with Gasteiger partial charge < -0.3 is 11.1 Å². The van der Waals surface area contributed by atoms with E-state index in [2.05, 4.69) is 16.8 Å². The molecule has 3 nitrogen and oxygen atoms in total. The Hall–Kier alpha value is -0.580. The Labute approximate surface area is 112 Å². The third kappa shape index (κ3) is 3.69. The summed E-state index contributed by atoms with van der Waals surface area (Å²) in [5.74, 6) is 0.613. The highest BCUT2D eigenvalue weighted by Gasteiger charge is 2.34. The third-order valence-electron chi connectivity index (χ3n) is 3.04. The zero-order valence-corrected chi connectivity index (χ0v) is 11.5. The number of nitrogens with two attached hydrogens (primary N) is 1. The number of carbonyl (C=O) groups excluding carboxylic acids is 1. The summed E-state index contributed by atoms with van der Waals surface area (Å²) in [4.78, 5) is 13.1. The van der Waals surface area contributed by atoms with Gasteiger partial charge in [-0.15, -0.1) is 23.7 Å². The minimum atomic E-state index is -0.0961. The lowest BCUT2D eigenvalue weighted by molar-refractivity contribution is -0.125. The van der Waals surface area contributed by atoms with Gasteiger partial charge in [0, 0.05) is 17.3 Å². The molecule has 5 heteroatoms. The standard InChI is InChI=1S/C12H18N2OS.ClH/c1-8(7-13)12(15)14-11(9-4-5-9)10-3-2-6-16-10;/h2-3,6,8-9,11H,4-5,7,13H2,1H3,(H,14,15);1H. The average Bonchev–Trinajstić information content (AvgIpc) is 2.99. The molecular formula is C12H19ClN2OS. The quantitative estimate of drug-likeness (QED) is 0.866. The molecule has 1 aliphatic rings. The predicted octanol–water partition coefficient (Wildman–Crippen LogP) is 2.33. The SMILES string of the molecule is CC(CN)C(=O)NC(c1cccs1)C1CC1.Cl. The summed E-state index contributed by atoms with van der Waals surface area (Å²) in [5, 5.41) is 5.18. The first-order chi connectivity index (χ1) is 7.72. The Balaban J connectivity index is 0.00000144. The number of nitrogens with one attached hydrogen (secondary N) is 1. The molecule has 1 aromatic heterocycles. The summed E-state index contributed by atoms with van der Waals surface area (Å²) in [6.45, 7) is 2.28. The summed E-state index contributed by atoms with van der Waals surface area (Å²) in [5.41, 5.74) is 5.50. The van der Waals surface area contributed by atoms with Crippen LogP contribution in [0.1, 0.15) is 30.7 Å². The maximum atomic E-state index is 11.8. The maximum Gasteiger partial charge on any atom is 0.224 e. The first-order valence-electron chi connectivity index (χ1n) is 5.76. The van der Waals surface area contributed by atoms with E-state index in [9.17, 15) is 4.79 Å². The fourth-order valence-electron chi connectivity index (χ4n) is 1.72. The predicted molar refractivity (Wildman–Crippen MR) is 73.4 cm³/mol. The number of hydrogen-bond donors (Lipinski definition) is 2. The molecule has 0 spiro atoms. The largest absolute Gasteiger partial charge is 0.348 e. The molecule has 1 fully saturated rings. The van der Waals surface area contributed by atoms with Crippen molar-refractivity contribution in [2.45, 2.75) is 25.8 Å². The van der Waals surface area contributed by atoms with E-state index >= 15 is 0 Å². The van der Waals surface area contributed by atoms with Crippen molar-refractivity contribution in [3.05, 3.63) is 22.4 Å². The van der Waals surface area contributed by atoms with E-state index in [0.717, 1.165) is 0 Å². The van der Waals surface area contributed by atoms with Crippen LogP contribution in [0.15, 0.2) is 17.5 Å². The van der Waals surface area contributed by atoms with Gasteiger partial charge in [-0.1, -0.05) is 13.0 Å². The highest BCUT2D eigenvalue weighted by molar-refractivity contribution is 7.10. The number of halogens is 1. The summed E-state index contributed by atoms with van der Waals surface area (Å²) >= 11 is 1.71. The molecule has 3 N–H and O–H groups in total. The molecular weight excluding hydrogens is 256 g/mol. The van der Waals surface area contributed by atoms with Crippen LogP contribution in [0.25, 0.3) is 0 Å². The van der Waals surface area contributed by atoms with Gasteiger partial charge in [0.2, 0.25) is 5.91 Å². The second kappa shape index (κ2) is 6.38. The zero-order valence-electron chi connectivity index (χ0n) is 9.89. The molecule has 1 aliphatic carbocycles. The van der Waals surface area contributed by atoms with Crippen molar-refractivity contribution < 1.29 is 4.79 Å². The summed E-state index contributed by atoms with van der Waals surface area (Å²) in [6, 6.07) is 4.34. The Bertz CT molecular complexity index is 351. The molecule has 17 heavy (non-hydrogen) atoms. The number of rotatable bonds is 5. The van der Waals surface area contributed by atoms with Crippen molar-refractivity contribution >= 4 is 29.7 Å². The highest BCUT2D eigenvalue weighted by Crippen LogP contribution is 2.42. The Kier molecular flexibility index (Phi) is 5.43. The van der Waals surface area contributed by atoms with E-state index in [4.69, 9.17) is 5.73 Å². The summed E-state index contributed by atoms with van der Waals surface area (Å²) in [7, 11) is 0. The van der Waals surface area contributed by atoms with E-state index in [-0.39, 0.29) is 30.3 Å². The van der Waals surface area contributed by atoms with Crippen molar-refractivity contribution in [1.82, 2.24) is 5.32 Å². The van der Waals surface area contributed by atoms with Crippen LogP contribution in [0.2, 0.25) is 0 Å². The first-order valence-corrected chi connectivity index (χ1v) is 6.64. The Morgan fingerprint density at radius 1 is 1.65 bits per heavy atom. The van der Waals surface area contributed by atoms with Crippen LogP contribution in [-0.4, -0.2) is 12.5 Å². The zero-order chi connectivity index (χ0) is 11.5. The number of hydrogen-bond acceptors (Lipinski definition) is 3. The van der Waals surface area contributed by atoms with Crippen molar-refractivity contribution in [2.75, 3.05) is 6.54 Å². The Morgan fingerprint density at radius 2 is 2.35 bits per heavy atom. The smallest absolute Gasteiger partial charge is 0.224 e. The van der Waals surface area contributed by atoms with Crippen LogP contribution in [0.4, 0.5) is 0 Å². The lowest BCUT2D eigenvalue weighted by atomic mass is 10.1. The van der Waals surface area contributed by atoms with Crippen molar-refractivity contribution in [1.29, 1.82) is 0 Å². The van der Waals surface area contributed by atoms with Crippen molar-refractivity contribution in [3.63, 3.8) is 0 Å². The monoisotopic (exact) mass is 274 g/mol. The number of thiophene rings is 1. The molecule has 2 atom stereocenters. The van der Waals surface area contributed by atoms with Gasteiger partial charge in [-0.05, 0) is 30.2 Å². The summed E-state index contributed by atoms with van der Waals surface area (Å²) in [6.07, 6.45) is 2.44. The van der Waals surface area contributed by atoms with E-state index in [0.29, 0.717) is 12.5 Å². The van der Waals surface area contributed by atoms with Gasteiger partial charge in [0.1, 0.15) is 0 Å². The molecule has 1 aromatic rings. The molecule has 1 heterocycles. The maximum absolute atomic E-state index is 11.8. The van der Waals surface area contributed by atoms with Crippen LogP contribution < -0.4 is 11.1 Å². The normalized spacial score (nSPS) is 18.0. The number of carbonyl (C=O) groups is 1. The second-order valence-corrected chi connectivity index (χ2v) is 5.46. The average molecular weight is 275 g/mol. The number of amides is 1. The molecule has 2 unspecified atom stereocenters. The molecule has 0 aliphatic heterocycles. The third-order valence-corrected chi connectivity index (χ3v) is 4.00. The molecule has 0 aromatic carbocycles. The molecule has 1 amide bonds. The minimum absolute atomic E-state index is 0. The fourth-order valence-corrected chi connectivity index (χ4v) is 2.59. The Morgan fingerprint density at radius 3 is 2.82 bits per heavy atom. The minimum Gasteiger partial charge on any atom is -0.348 e. The van der Waals surface area contributed by atoms with Gasteiger partial charge in [0.15, 0.2) is 0 Å². The van der Waals surface area contributed by atoms with Crippen LogP contribution in [0, 0.1) is 11.8 Å². The molecule has 2 rings (SSSR count). The lowest BCUT2D eigenvalue weighted by Crippen LogP contribution is -2.36. The van der Waals surface area contributed by atoms with Crippen LogP contribution in [0.5, 0.6) is 0 Å². The van der Waals surface area contributed by atoms with Gasteiger partial charge in [-0.25, -0.2) is 0 Å². The van der Waals surface area contributed by atoms with E-state index in [1.165, 1.54) is 17.7 Å². The molecule has 96 valence electrons. The van der Waals surface area contributed by atoms with Gasteiger partial charge in [0.25, 0.3) is 0 Å². The van der Waals surface area contributed by atoms with Crippen LogP contribution in [-0.2, 0) is 4.79 Å².